The van der Waals surface area contributed by atoms with E-state index in [-0.39, 0.29) is 6.61 Å². The number of rotatable bonds is 1. The predicted octanol–water partition coefficient (Wildman–Crippen LogP) is 0.642. The average molecular weight is 268 g/mol. The minimum atomic E-state index is -0.556. The maximum absolute atomic E-state index is 12.1. The fourth-order valence-electron chi connectivity index (χ4n) is 2.20. The number of ether oxygens (including phenoxy) is 1. The Morgan fingerprint density at radius 2 is 2.21 bits per heavy atom. The Morgan fingerprint density at radius 1 is 1.53 bits per heavy atom. The summed E-state index contributed by atoms with van der Waals surface area (Å²) in [5.41, 5.74) is 1.06. The lowest BCUT2D eigenvalue weighted by atomic mass is 10.0. The Bertz CT molecular complexity index is 478. The minimum absolute atomic E-state index is 0.190. The van der Waals surface area contributed by atoms with Crippen LogP contribution in [0.2, 0.25) is 0 Å². The van der Waals surface area contributed by atoms with Gasteiger partial charge >= 0.3 is 6.09 Å². The third-order valence-electron chi connectivity index (χ3n) is 3.06. The second-order valence-corrected chi connectivity index (χ2v) is 5.67. The van der Waals surface area contributed by atoms with Crippen LogP contribution in [0.5, 0.6) is 0 Å². The first-order chi connectivity index (χ1) is 8.83. The van der Waals surface area contributed by atoms with Crippen molar-refractivity contribution in [1.29, 1.82) is 0 Å². The lowest BCUT2D eigenvalue weighted by molar-refractivity contribution is 0.00614. The molecular formula is C12H20N4O3. The standard InChI is InChI=1S/C12H20N4O3/c1-12(2,3)19-11(18)16-6-5-8-10(9(16)7-17)13-14-15(8)4/h9,17H,5-7H2,1-4H3/t9-/m1/s1. The summed E-state index contributed by atoms with van der Waals surface area (Å²) in [5, 5.41) is 17.5. The fourth-order valence-corrected chi connectivity index (χ4v) is 2.20. The molecule has 0 aliphatic carbocycles. The van der Waals surface area contributed by atoms with Crippen LogP contribution in [0.3, 0.4) is 0 Å². The minimum Gasteiger partial charge on any atom is -0.444 e. The summed E-state index contributed by atoms with van der Waals surface area (Å²) in [6.45, 7) is 5.75. The van der Waals surface area contributed by atoms with Crippen LogP contribution in [-0.4, -0.2) is 49.8 Å². The highest BCUT2D eigenvalue weighted by Gasteiger charge is 2.36. The summed E-state index contributed by atoms with van der Waals surface area (Å²) in [7, 11) is 1.81. The van der Waals surface area contributed by atoms with Crippen LogP contribution in [0.15, 0.2) is 0 Å². The van der Waals surface area contributed by atoms with Crippen LogP contribution in [0.1, 0.15) is 38.2 Å². The van der Waals surface area contributed by atoms with Crippen molar-refractivity contribution in [1.82, 2.24) is 19.9 Å². The molecule has 0 radical (unpaired) electrons. The van der Waals surface area contributed by atoms with Gasteiger partial charge < -0.3 is 9.84 Å². The van der Waals surface area contributed by atoms with E-state index in [4.69, 9.17) is 4.74 Å². The van der Waals surface area contributed by atoms with E-state index in [1.807, 2.05) is 27.8 Å². The van der Waals surface area contributed by atoms with Crippen LogP contribution >= 0.6 is 0 Å². The van der Waals surface area contributed by atoms with Gasteiger partial charge in [0.2, 0.25) is 0 Å². The highest BCUT2D eigenvalue weighted by atomic mass is 16.6. The van der Waals surface area contributed by atoms with Crippen LogP contribution in [-0.2, 0) is 18.2 Å². The van der Waals surface area contributed by atoms with E-state index < -0.39 is 17.7 Å². The van der Waals surface area contributed by atoms with Gasteiger partial charge in [-0.25, -0.2) is 4.79 Å². The van der Waals surface area contributed by atoms with E-state index >= 15 is 0 Å². The molecule has 0 saturated heterocycles. The van der Waals surface area contributed by atoms with Crippen molar-refractivity contribution in [3.05, 3.63) is 11.4 Å². The van der Waals surface area contributed by atoms with Crippen LogP contribution < -0.4 is 0 Å². The topological polar surface area (TPSA) is 80.5 Å². The molecule has 0 aromatic carbocycles. The van der Waals surface area contributed by atoms with Crippen molar-refractivity contribution in [3.8, 4) is 0 Å². The first kappa shape index (κ1) is 13.8. The van der Waals surface area contributed by atoms with E-state index in [2.05, 4.69) is 10.3 Å². The molecule has 1 N–H and O–H groups in total. The fraction of sp³-hybridized carbons (Fsp3) is 0.750. The molecule has 7 heteroatoms. The average Bonchev–Trinajstić information content (AvgIpc) is 2.68. The molecule has 0 spiro atoms. The quantitative estimate of drug-likeness (QED) is 0.808. The first-order valence-corrected chi connectivity index (χ1v) is 6.32. The number of hydrogen-bond donors (Lipinski definition) is 1. The van der Waals surface area contributed by atoms with Gasteiger partial charge in [-0.05, 0) is 20.8 Å². The van der Waals surface area contributed by atoms with Gasteiger partial charge in [-0.1, -0.05) is 5.21 Å². The number of hydrogen-bond acceptors (Lipinski definition) is 5. The zero-order valence-corrected chi connectivity index (χ0v) is 11.8. The molecule has 0 unspecified atom stereocenters. The van der Waals surface area contributed by atoms with E-state index in [1.165, 1.54) is 4.90 Å². The molecule has 0 fully saturated rings. The van der Waals surface area contributed by atoms with Crippen molar-refractivity contribution in [2.45, 2.75) is 38.8 Å². The van der Waals surface area contributed by atoms with Gasteiger partial charge in [-0.2, -0.15) is 0 Å². The van der Waals surface area contributed by atoms with Gasteiger partial charge in [0.15, 0.2) is 0 Å². The molecule has 1 aliphatic heterocycles. The lowest BCUT2D eigenvalue weighted by Crippen LogP contribution is -2.44. The van der Waals surface area contributed by atoms with Gasteiger partial charge in [0.05, 0.1) is 12.3 Å². The maximum Gasteiger partial charge on any atom is 0.410 e. The molecule has 106 valence electrons. The van der Waals surface area contributed by atoms with Gasteiger partial charge in [0, 0.05) is 20.0 Å². The normalized spacial score (nSPS) is 19.2. The van der Waals surface area contributed by atoms with Crippen LogP contribution in [0, 0.1) is 0 Å². The third kappa shape index (κ3) is 2.70. The molecule has 2 rings (SSSR count). The van der Waals surface area contributed by atoms with Crippen molar-refractivity contribution < 1.29 is 14.6 Å². The summed E-state index contributed by atoms with van der Waals surface area (Å²) in [6.07, 6.45) is 0.233. The Kier molecular flexibility index (Phi) is 3.49. The van der Waals surface area contributed by atoms with Crippen LogP contribution in [0.4, 0.5) is 4.79 Å². The predicted molar refractivity (Wildman–Crippen MR) is 67.5 cm³/mol. The number of aromatic nitrogens is 3. The molecular weight excluding hydrogens is 248 g/mol. The Morgan fingerprint density at radius 3 is 2.79 bits per heavy atom. The Hall–Kier alpha value is -1.63. The number of aliphatic hydroxyl groups excluding tert-OH is 1. The van der Waals surface area contributed by atoms with Crippen molar-refractivity contribution >= 4 is 6.09 Å². The van der Waals surface area contributed by atoms with E-state index in [0.717, 1.165) is 5.69 Å². The zero-order valence-electron chi connectivity index (χ0n) is 11.8. The van der Waals surface area contributed by atoms with E-state index in [9.17, 15) is 9.90 Å². The van der Waals surface area contributed by atoms with E-state index in [1.54, 1.807) is 4.68 Å². The molecule has 1 aromatic rings. The number of aliphatic hydroxyl groups is 1. The summed E-state index contributed by atoms with van der Waals surface area (Å²) >= 11 is 0. The summed E-state index contributed by atoms with van der Waals surface area (Å²) in [4.78, 5) is 13.7. The molecule has 0 saturated carbocycles. The molecule has 1 amide bonds. The van der Waals surface area contributed by atoms with Gasteiger partial charge in [0.1, 0.15) is 17.3 Å². The number of carbonyl (C=O) groups is 1. The lowest BCUT2D eigenvalue weighted by Gasteiger charge is -2.34. The zero-order chi connectivity index (χ0) is 14.2. The Labute approximate surface area is 112 Å². The smallest absolute Gasteiger partial charge is 0.410 e. The first-order valence-electron chi connectivity index (χ1n) is 6.32. The number of nitrogens with zero attached hydrogens (tertiary/aromatic N) is 4. The van der Waals surface area contributed by atoms with Gasteiger partial charge in [0.25, 0.3) is 0 Å². The molecule has 1 atom stereocenters. The van der Waals surface area contributed by atoms with Gasteiger partial charge in [-0.15, -0.1) is 5.10 Å². The summed E-state index contributed by atoms with van der Waals surface area (Å²) in [5.74, 6) is 0. The summed E-state index contributed by atoms with van der Waals surface area (Å²) in [6, 6.07) is -0.479. The highest BCUT2D eigenvalue weighted by Crippen LogP contribution is 2.28. The largest absolute Gasteiger partial charge is 0.444 e. The summed E-state index contributed by atoms with van der Waals surface area (Å²) < 4.78 is 7.04. The van der Waals surface area contributed by atoms with Gasteiger partial charge in [-0.3, -0.25) is 9.58 Å². The second-order valence-electron chi connectivity index (χ2n) is 5.67. The number of carbonyl (C=O) groups excluding carboxylic acids is 1. The molecule has 7 nitrogen and oxygen atoms in total. The highest BCUT2D eigenvalue weighted by molar-refractivity contribution is 5.69. The maximum atomic E-state index is 12.1. The molecule has 2 heterocycles. The second kappa shape index (κ2) is 4.80. The molecule has 19 heavy (non-hydrogen) atoms. The SMILES string of the molecule is Cn1nnc2c1CCN(C(=O)OC(C)(C)C)[C@@H]2CO. The number of amides is 1. The van der Waals surface area contributed by atoms with E-state index in [0.29, 0.717) is 18.7 Å². The van der Waals surface area contributed by atoms with Crippen LogP contribution in [0.25, 0.3) is 0 Å². The van der Waals surface area contributed by atoms with Crippen molar-refractivity contribution in [2.24, 2.45) is 7.05 Å². The van der Waals surface area contributed by atoms with Crippen molar-refractivity contribution in [3.63, 3.8) is 0 Å². The Balaban J connectivity index is 2.22. The molecule has 0 bridgehead atoms. The molecule has 1 aromatic heterocycles. The van der Waals surface area contributed by atoms with Crippen molar-refractivity contribution in [2.75, 3.05) is 13.2 Å². The number of fused-ring (bicyclic) bond motifs is 1. The third-order valence-corrected chi connectivity index (χ3v) is 3.06. The number of aryl methyl sites for hydroxylation is 1. The monoisotopic (exact) mass is 268 g/mol. The molecule has 1 aliphatic rings.